The zero-order valence-corrected chi connectivity index (χ0v) is 91.6. The van der Waals surface area contributed by atoms with Gasteiger partial charge in [-0.2, -0.15) is 23.5 Å². The molecular formula is C107H206BN8O29S2. The number of aliphatic carboxylic acids is 1. The van der Waals surface area contributed by atoms with Crippen LogP contribution in [-0.2, 0) is 119 Å². The summed E-state index contributed by atoms with van der Waals surface area (Å²) in [7, 11) is 4.41. The van der Waals surface area contributed by atoms with E-state index in [0.29, 0.717) is 128 Å². The van der Waals surface area contributed by atoms with Gasteiger partial charge in [0.2, 0.25) is 29.5 Å². The zero-order valence-electron chi connectivity index (χ0n) is 90.0. The Labute approximate surface area is 893 Å². The van der Waals surface area contributed by atoms with E-state index in [1.54, 1.807) is 14.0 Å². The SMILES string of the molecule is C.C.C.CCCCCCCCCCCCCCCC(=O)OCC[C@H](CSC[C@H](N)C(=O)N[C@@H](CO)C(=O)CCCOCCOCCC(=O)CCC(N)=O)OC(=O)CCCCCCCCCCCCCCC.CC[C@H](C[B]C=O)C(=O)O.CNC(=O)CCC(=O)CCOCCOCCCC(=O)[C@@H](N)COC(C)(C)C.CNC(=O)CCC(=O)CCOCCOCCCC(=O)[C@H](COC(C)(C)C)NC(=O)[C@@H](N)CSC[C@H](O)CCO. The first-order chi connectivity index (χ1) is 68.8. The van der Waals surface area contributed by atoms with Crippen LogP contribution in [0.3, 0.4) is 0 Å². The molecule has 0 unspecified atom stereocenters. The van der Waals surface area contributed by atoms with Crippen LogP contribution < -0.4 is 44.2 Å². The number of thioether (sulfide) groups is 2. The number of carbonyl (C=O) groups is 15. The number of aliphatic hydroxyl groups excluding tert-OH is 3. The van der Waals surface area contributed by atoms with Crippen LogP contribution in [0, 0.1) is 5.92 Å². The van der Waals surface area contributed by atoms with Crippen molar-refractivity contribution in [2.24, 2.45) is 28.9 Å². The molecule has 40 heteroatoms. The predicted molar refractivity (Wildman–Crippen MR) is 585 cm³/mol. The number of hydrogen-bond acceptors (Lipinski definition) is 33. The number of primary amides is 1. The number of esters is 2. The standard InChI is InChI=1S/C53H99N3O11S.C26H49N3O9S.C19H36N2O6.C6H10BO3.3CH4/c1-3-5-7-9-11-13-15-17-19-21-23-25-27-31-51(61)66-39-36-46(67-52(62)32-28-26-24-22-20-18-16-14-12-10-8-6-4-2)43-68-44-47(54)53(63)56-48(42-57)49(59)30-29-37-64-40-41-65-38-35-45(58)33-34-50(55)60;1-26(2,3)38-16-22(29-25(35)21(27)18-39-17-20(32)9-11-30)23(33)6-5-12-36-14-15-37-13-10-19(31)7-8-24(34)28-4;1-19(2,3)27-14-16(20)17(23)6-5-10-25-12-13-26-11-9-15(22)7-8-18(24)21-4;1-2-5(6(9)10)3-7-4-8;;;/h46-48,57H,3-44,54H2,1-2H3,(H2,55,60)(H,56,63);20-22,30,32H,5-18,27H2,1-4H3,(H,28,34)(H,29,35);16H,5-14,20H2,1-4H3,(H,21,24);4-5H,2-3H2,1H3,(H,9,10);3*1H4/t46-,47+,48+;20-,21+,22+;16-;5-;;;/m1101.../s1. The lowest BCUT2D eigenvalue weighted by Crippen LogP contribution is -2.51. The van der Waals surface area contributed by atoms with E-state index in [-0.39, 0.29) is 228 Å². The van der Waals surface area contributed by atoms with Crippen molar-refractivity contribution in [1.82, 2.24) is 21.3 Å². The number of carboxylic acid groups (broad SMARTS) is 1. The summed E-state index contributed by atoms with van der Waals surface area (Å²) in [6, 6.07) is -4.41. The van der Waals surface area contributed by atoms with Crippen molar-refractivity contribution in [3.8, 4) is 0 Å². The number of carboxylic acids is 1. The maximum Gasteiger partial charge on any atom is 0.306 e. The Bertz CT molecular complexity index is 3300. The summed E-state index contributed by atoms with van der Waals surface area (Å²) in [5.41, 5.74) is 22.2. The summed E-state index contributed by atoms with van der Waals surface area (Å²) in [5, 5.41) is 47.0. The molecular weight excluding hydrogens is 1940 g/mol. The topological polar surface area (TPSA) is 581 Å². The first kappa shape index (κ1) is 154. The number of Topliss-reactive ketones (excluding diaryl/α,β-unsaturated/α-hetero) is 6. The number of ketones is 6. The average molecular weight is 2140 g/mol. The van der Waals surface area contributed by atoms with Crippen LogP contribution >= 0.6 is 23.5 Å². The maximum absolute atomic E-state index is 12.9. The molecule has 0 aliphatic heterocycles. The maximum atomic E-state index is 12.9. The molecule has 37 nitrogen and oxygen atoms in total. The smallest absolute Gasteiger partial charge is 0.306 e. The van der Waals surface area contributed by atoms with Crippen molar-refractivity contribution >= 4 is 119 Å². The van der Waals surface area contributed by atoms with Crippen molar-refractivity contribution in [2.75, 3.05) is 149 Å². The van der Waals surface area contributed by atoms with Gasteiger partial charge in [-0.1, -0.05) is 203 Å². The van der Waals surface area contributed by atoms with E-state index in [1.165, 1.54) is 166 Å². The minimum Gasteiger partial charge on any atom is -0.481 e. The second-order valence-corrected chi connectivity index (χ2v) is 40.1. The van der Waals surface area contributed by atoms with Gasteiger partial charge in [0.05, 0.1) is 128 Å². The average Bonchev–Trinajstić information content (AvgIpc) is 0.901. The molecule has 0 rings (SSSR count). The molecule has 0 bridgehead atoms. The first-order valence-electron chi connectivity index (χ1n) is 53.1. The van der Waals surface area contributed by atoms with E-state index in [1.807, 2.05) is 41.5 Å². The van der Waals surface area contributed by atoms with E-state index in [4.69, 9.17) is 80.5 Å². The molecule has 0 aliphatic rings. The van der Waals surface area contributed by atoms with E-state index in [9.17, 15) is 82.1 Å². The van der Waals surface area contributed by atoms with Gasteiger partial charge in [-0.05, 0) is 86.5 Å². The number of rotatable bonds is 98. The van der Waals surface area contributed by atoms with Crippen LogP contribution in [0.15, 0.2) is 0 Å². The second kappa shape index (κ2) is 108. The molecule has 1 radical (unpaired) electrons. The number of aliphatic hydroxyl groups is 3. The van der Waals surface area contributed by atoms with Crippen LogP contribution in [0.1, 0.15) is 380 Å². The molecule has 0 aromatic rings. The lowest BCUT2D eigenvalue weighted by atomic mass is 9.71. The normalized spacial score (nSPS) is 12.7. The Morgan fingerprint density at radius 2 is 0.741 bits per heavy atom. The van der Waals surface area contributed by atoms with Crippen molar-refractivity contribution in [1.29, 1.82) is 0 Å². The fourth-order valence-electron chi connectivity index (χ4n) is 13.3. The Balaban J connectivity index is -0.000000415. The van der Waals surface area contributed by atoms with Gasteiger partial charge in [-0.3, -0.25) is 67.1 Å². The molecule has 8 atom stereocenters. The monoisotopic (exact) mass is 2140 g/mol. The van der Waals surface area contributed by atoms with Crippen LogP contribution in [0.25, 0.3) is 0 Å². The summed E-state index contributed by atoms with van der Waals surface area (Å²) < 4.78 is 55.1. The second-order valence-electron chi connectivity index (χ2n) is 37.9. The van der Waals surface area contributed by atoms with Crippen molar-refractivity contribution in [3.05, 3.63) is 0 Å². The number of nitrogens with two attached hydrogens (primary N) is 4. The number of amides is 5. The quantitative estimate of drug-likeness (QED) is 0.0116. The number of ether oxygens (including phenoxy) is 10. The third kappa shape index (κ3) is 109. The lowest BCUT2D eigenvalue weighted by Gasteiger charge is -2.25. The molecule has 0 aromatic heterocycles. The first-order valence-corrected chi connectivity index (χ1v) is 55.5. The van der Waals surface area contributed by atoms with Gasteiger partial charge >= 0.3 is 17.9 Å². The van der Waals surface area contributed by atoms with Crippen molar-refractivity contribution < 1.29 is 140 Å². The minimum atomic E-state index is -1.11. The van der Waals surface area contributed by atoms with Crippen molar-refractivity contribution in [2.45, 2.75) is 440 Å². The Hall–Kier alpha value is -6.35. The van der Waals surface area contributed by atoms with E-state index < -0.39 is 84.2 Å². The largest absolute Gasteiger partial charge is 0.481 e. The Kier molecular flexibility index (Phi) is 113. The fourth-order valence-corrected chi connectivity index (χ4v) is 15.4. The highest BCUT2D eigenvalue weighted by Crippen LogP contribution is 2.20. The third-order valence-corrected chi connectivity index (χ3v) is 24.8. The Morgan fingerprint density at radius 1 is 0.388 bits per heavy atom. The van der Waals surface area contributed by atoms with Crippen LogP contribution in [0.4, 0.5) is 0 Å². The molecule has 147 heavy (non-hydrogen) atoms. The predicted octanol–water partition coefficient (Wildman–Crippen LogP) is 13.2. The van der Waals surface area contributed by atoms with Gasteiger partial charge in [0.1, 0.15) is 35.5 Å². The molecule has 0 heterocycles. The lowest BCUT2D eigenvalue weighted by molar-refractivity contribution is -0.150. The summed E-state index contributed by atoms with van der Waals surface area (Å²) >= 11 is 2.64. The summed E-state index contributed by atoms with van der Waals surface area (Å²) in [6.45, 7) is 21.0. The summed E-state index contributed by atoms with van der Waals surface area (Å²) in [4.78, 5) is 176. The summed E-state index contributed by atoms with van der Waals surface area (Å²) in [6.07, 6.45) is 37.1. The van der Waals surface area contributed by atoms with Crippen LogP contribution in [-0.4, -0.2) is 319 Å². The minimum absolute atomic E-state index is 0. The van der Waals surface area contributed by atoms with E-state index in [0.717, 1.165) is 38.5 Å². The van der Waals surface area contributed by atoms with Gasteiger partial charge in [-0.15, -0.1) is 0 Å². The van der Waals surface area contributed by atoms with Crippen LogP contribution in [0.5, 0.6) is 0 Å². The molecule has 5 amide bonds. The third-order valence-electron chi connectivity index (χ3n) is 22.4. The van der Waals surface area contributed by atoms with Gasteiger partial charge < -0.3 is 117 Å². The number of nitrogens with one attached hydrogen (secondary N) is 4. The Morgan fingerprint density at radius 3 is 1.10 bits per heavy atom. The summed E-state index contributed by atoms with van der Waals surface area (Å²) in [5.74, 6) is -3.22. The molecule has 16 N–H and O–H groups in total. The highest BCUT2D eigenvalue weighted by molar-refractivity contribution is 7.99. The molecule has 0 spiro atoms. The number of unbranched alkanes of at least 4 members (excludes halogenated alkanes) is 24. The number of carbonyl (C=O) groups excluding carboxylic acids is 14. The molecule has 863 valence electrons. The molecule has 0 fully saturated rings. The fraction of sp³-hybridized carbons (Fsp3) is 0.860. The molecule has 0 saturated carbocycles. The highest BCUT2D eigenvalue weighted by Gasteiger charge is 2.29. The van der Waals surface area contributed by atoms with Gasteiger partial charge in [0, 0.05) is 166 Å². The van der Waals surface area contributed by atoms with Gasteiger partial charge in [-0.25, -0.2) is 0 Å². The van der Waals surface area contributed by atoms with Crippen molar-refractivity contribution in [3.63, 3.8) is 0 Å². The highest BCUT2D eigenvalue weighted by atomic mass is 32.2. The molecule has 0 aliphatic carbocycles. The molecule has 0 saturated heterocycles. The van der Waals surface area contributed by atoms with Gasteiger partial charge in [0.25, 0.3) is 0 Å². The number of hydrogen-bond donors (Lipinski definition) is 12. The molecule has 0 aromatic carbocycles. The van der Waals surface area contributed by atoms with Crippen LogP contribution in [0.2, 0.25) is 6.32 Å². The van der Waals surface area contributed by atoms with E-state index >= 15 is 0 Å². The van der Waals surface area contributed by atoms with E-state index in [2.05, 4.69) is 35.1 Å². The zero-order chi connectivity index (χ0) is 109. The van der Waals surface area contributed by atoms with Gasteiger partial charge in [0.15, 0.2) is 24.6 Å².